The predicted molar refractivity (Wildman–Crippen MR) is 69.7 cm³/mol. The molecule has 0 N–H and O–H groups in total. The maximum Gasteiger partial charge on any atom is 0.275 e. The highest BCUT2D eigenvalue weighted by molar-refractivity contribution is 9.10. The summed E-state index contributed by atoms with van der Waals surface area (Å²) in [5, 5.41) is 1.85. The summed E-state index contributed by atoms with van der Waals surface area (Å²) in [6.07, 6.45) is 0.979. The van der Waals surface area contributed by atoms with Crippen molar-refractivity contribution >= 4 is 27.5 Å². The smallest absolute Gasteiger partial charge is 0.267 e. The molecule has 0 saturated carbocycles. The second kappa shape index (κ2) is 4.06. The van der Waals surface area contributed by atoms with Crippen LogP contribution in [0.2, 0.25) is 0 Å². The Morgan fingerprint density at radius 3 is 2.20 bits per heavy atom. The maximum atomic E-state index is 11.8. The Morgan fingerprint density at radius 1 is 1.33 bits per heavy atom. The van der Waals surface area contributed by atoms with Gasteiger partial charge in [0.15, 0.2) is 0 Å². The lowest BCUT2D eigenvalue weighted by Crippen LogP contribution is -2.36. The third-order valence-electron chi connectivity index (χ3n) is 2.16. The largest absolute Gasteiger partial charge is 0.275 e. The van der Waals surface area contributed by atoms with E-state index in [4.69, 9.17) is 0 Å². The van der Waals surface area contributed by atoms with Gasteiger partial charge in [-0.1, -0.05) is 32.3 Å². The number of hydrogen-bond donors (Lipinski definition) is 0. The molecule has 4 heteroatoms. The summed E-state index contributed by atoms with van der Waals surface area (Å²) in [6.45, 7) is 10.8. The molecule has 1 aromatic heterocycles. The molecule has 0 saturated heterocycles. The Labute approximate surface area is 104 Å². The van der Waals surface area contributed by atoms with E-state index in [1.54, 1.807) is 0 Å². The van der Waals surface area contributed by atoms with E-state index in [2.05, 4.69) is 50.5 Å². The first kappa shape index (κ1) is 13.0. The number of nitrogens with zero attached hydrogens (tertiary/aromatic N) is 1. The summed E-state index contributed by atoms with van der Waals surface area (Å²) in [7, 11) is 0. The highest BCUT2D eigenvalue weighted by Crippen LogP contribution is 2.32. The highest BCUT2D eigenvalue weighted by atomic mass is 79.9. The molecule has 0 bridgehead atoms. The van der Waals surface area contributed by atoms with Crippen molar-refractivity contribution in [1.82, 2.24) is 3.96 Å². The van der Waals surface area contributed by atoms with Crippen molar-refractivity contribution in [1.29, 1.82) is 0 Å². The van der Waals surface area contributed by atoms with Crippen LogP contribution < -0.4 is 5.56 Å². The minimum atomic E-state index is -0.119. The molecule has 15 heavy (non-hydrogen) atoms. The first-order valence-electron chi connectivity index (χ1n) is 5.00. The van der Waals surface area contributed by atoms with Crippen LogP contribution in [0.15, 0.2) is 14.6 Å². The molecule has 0 atom stereocenters. The third kappa shape index (κ3) is 3.18. The van der Waals surface area contributed by atoms with E-state index >= 15 is 0 Å². The lowest BCUT2D eigenvalue weighted by molar-refractivity contribution is 0.223. The van der Waals surface area contributed by atoms with Gasteiger partial charge < -0.3 is 0 Å². The molecule has 2 nitrogen and oxygen atoms in total. The van der Waals surface area contributed by atoms with Crippen LogP contribution in [0.25, 0.3) is 0 Å². The Bertz CT molecular complexity index is 397. The van der Waals surface area contributed by atoms with Crippen molar-refractivity contribution in [3.63, 3.8) is 0 Å². The summed E-state index contributed by atoms with van der Waals surface area (Å²) in [6, 6.07) is 0. The van der Waals surface area contributed by atoms with Gasteiger partial charge in [0.2, 0.25) is 0 Å². The molecule has 1 aromatic rings. The molecule has 0 aromatic carbocycles. The van der Waals surface area contributed by atoms with Gasteiger partial charge in [-0.3, -0.25) is 8.75 Å². The number of hydrogen-bond acceptors (Lipinski definition) is 2. The number of halogens is 1. The molecule has 0 amide bonds. The van der Waals surface area contributed by atoms with Gasteiger partial charge in [0.1, 0.15) is 0 Å². The second-order valence-corrected chi connectivity index (χ2v) is 7.39. The van der Waals surface area contributed by atoms with Crippen molar-refractivity contribution in [3.05, 3.63) is 20.2 Å². The Balaban J connectivity index is 3.06. The maximum absolute atomic E-state index is 11.8. The van der Waals surface area contributed by atoms with Crippen molar-refractivity contribution in [2.24, 2.45) is 5.41 Å². The Hall–Kier alpha value is -0.0900. The molecular weight excluding hydrogens is 274 g/mol. The van der Waals surface area contributed by atoms with Crippen molar-refractivity contribution in [3.8, 4) is 0 Å². The van der Waals surface area contributed by atoms with Gasteiger partial charge in [0.05, 0.1) is 10.0 Å². The molecule has 0 spiro atoms. The van der Waals surface area contributed by atoms with Gasteiger partial charge in [-0.15, -0.1) is 0 Å². The monoisotopic (exact) mass is 291 g/mol. The standard InChI is InChI=1S/C11H18BrNOS/c1-10(2,3)7-11(4,5)13-9(14)8(12)6-15-13/h6H,7H2,1-5H3. The van der Waals surface area contributed by atoms with E-state index in [1.165, 1.54) is 11.5 Å². The summed E-state index contributed by atoms with van der Waals surface area (Å²) in [4.78, 5) is 11.8. The fourth-order valence-corrected chi connectivity index (χ4v) is 3.47. The van der Waals surface area contributed by atoms with Gasteiger partial charge in [-0.2, -0.15) is 0 Å². The lowest BCUT2D eigenvalue weighted by Gasteiger charge is -2.32. The average Bonchev–Trinajstić information content (AvgIpc) is 2.27. The van der Waals surface area contributed by atoms with Crippen LogP contribution in [-0.2, 0) is 5.54 Å². The second-order valence-electron chi connectivity index (χ2n) is 5.72. The van der Waals surface area contributed by atoms with Crippen LogP contribution >= 0.6 is 27.5 Å². The van der Waals surface area contributed by atoms with Gasteiger partial charge in [0.25, 0.3) is 5.56 Å². The first-order chi connectivity index (χ1) is 6.63. The summed E-state index contributed by atoms with van der Waals surface area (Å²) in [5.74, 6) is 0. The molecule has 0 unspecified atom stereocenters. The molecule has 0 fully saturated rings. The minimum absolute atomic E-state index is 0.0780. The third-order valence-corrected chi connectivity index (χ3v) is 4.25. The SMILES string of the molecule is CC(C)(C)CC(C)(C)n1scc(Br)c1=O. The van der Waals surface area contributed by atoms with Gasteiger partial charge in [-0.25, -0.2) is 0 Å². The van der Waals surface area contributed by atoms with Gasteiger partial charge in [0, 0.05) is 5.38 Å². The summed E-state index contributed by atoms with van der Waals surface area (Å²) < 4.78 is 2.51. The summed E-state index contributed by atoms with van der Waals surface area (Å²) in [5.41, 5.74) is 0.181. The zero-order valence-corrected chi connectivity index (χ0v) is 12.3. The molecular formula is C11H18BrNOS. The van der Waals surface area contributed by atoms with Crippen LogP contribution in [0.1, 0.15) is 41.0 Å². The van der Waals surface area contributed by atoms with Crippen molar-refractivity contribution in [2.45, 2.75) is 46.6 Å². The van der Waals surface area contributed by atoms with Crippen molar-refractivity contribution in [2.75, 3.05) is 0 Å². The number of aromatic nitrogens is 1. The number of rotatable bonds is 2. The first-order valence-corrected chi connectivity index (χ1v) is 6.63. The fourth-order valence-electron chi connectivity index (χ4n) is 2.08. The van der Waals surface area contributed by atoms with E-state index in [0.717, 1.165) is 6.42 Å². The normalized spacial score (nSPS) is 13.2. The van der Waals surface area contributed by atoms with E-state index < -0.39 is 0 Å². The van der Waals surface area contributed by atoms with E-state index in [1.807, 2.05) is 9.34 Å². The van der Waals surface area contributed by atoms with E-state index in [0.29, 0.717) is 4.47 Å². The van der Waals surface area contributed by atoms with Crippen LogP contribution in [-0.4, -0.2) is 3.96 Å². The van der Waals surface area contributed by atoms with Gasteiger partial charge >= 0.3 is 0 Å². The zero-order valence-electron chi connectivity index (χ0n) is 9.93. The topological polar surface area (TPSA) is 22.0 Å². The Kier molecular flexibility index (Phi) is 3.51. The van der Waals surface area contributed by atoms with Crippen LogP contribution in [0, 0.1) is 5.41 Å². The predicted octanol–water partition coefficient (Wildman–Crippen LogP) is 3.84. The fraction of sp³-hybridized carbons (Fsp3) is 0.727. The average molecular weight is 292 g/mol. The molecule has 0 radical (unpaired) electrons. The van der Waals surface area contributed by atoms with E-state index in [9.17, 15) is 4.79 Å². The van der Waals surface area contributed by atoms with Crippen LogP contribution in [0.4, 0.5) is 0 Å². The minimum Gasteiger partial charge on any atom is -0.267 e. The van der Waals surface area contributed by atoms with Crippen LogP contribution in [0.5, 0.6) is 0 Å². The molecule has 1 rings (SSSR count). The Morgan fingerprint density at radius 2 is 1.87 bits per heavy atom. The lowest BCUT2D eigenvalue weighted by atomic mass is 9.82. The van der Waals surface area contributed by atoms with E-state index in [-0.39, 0.29) is 16.5 Å². The van der Waals surface area contributed by atoms with Gasteiger partial charge in [-0.05, 0) is 41.6 Å². The molecule has 86 valence electrons. The van der Waals surface area contributed by atoms with Crippen LogP contribution in [0.3, 0.4) is 0 Å². The molecule has 1 heterocycles. The molecule has 0 aliphatic carbocycles. The molecule has 0 aliphatic rings. The highest BCUT2D eigenvalue weighted by Gasteiger charge is 2.29. The molecule has 0 aliphatic heterocycles. The zero-order chi connectivity index (χ0) is 11.9. The quantitative estimate of drug-likeness (QED) is 0.811. The summed E-state index contributed by atoms with van der Waals surface area (Å²) >= 11 is 4.75. The van der Waals surface area contributed by atoms with Crippen molar-refractivity contribution < 1.29 is 0 Å².